The molecule has 1 aromatic heterocycles. The molecular weight excluding hydrogens is 282 g/mol. The van der Waals surface area contributed by atoms with Gasteiger partial charge in [0.15, 0.2) is 0 Å². The number of benzene rings is 1. The van der Waals surface area contributed by atoms with Gasteiger partial charge < -0.3 is 9.47 Å². The number of para-hydroxylation sites is 1. The Morgan fingerprint density at radius 3 is 2.50 bits per heavy atom. The Balaban J connectivity index is 2.39. The van der Waals surface area contributed by atoms with Crippen LogP contribution in [0.1, 0.15) is 26.2 Å². The number of piperidine rings is 1. The monoisotopic (exact) mass is 301 g/mol. The van der Waals surface area contributed by atoms with Crippen molar-refractivity contribution >= 4 is 22.3 Å². The summed E-state index contributed by atoms with van der Waals surface area (Å²) in [5.74, 6) is 0. The van der Waals surface area contributed by atoms with Crippen molar-refractivity contribution in [2.45, 2.75) is 32.7 Å². The Labute approximate surface area is 128 Å². The average Bonchev–Trinajstić information content (AvgIpc) is 2.54. The first-order valence-corrected chi connectivity index (χ1v) is 7.70. The summed E-state index contributed by atoms with van der Waals surface area (Å²) < 4.78 is 1.49. The van der Waals surface area contributed by atoms with Crippen molar-refractivity contribution in [3.8, 4) is 0 Å². The van der Waals surface area contributed by atoms with E-state index in [1.807, 2.05) is 36.1 Å². The Hall–Kier alpha value is -2.37. The summed E-state index contributed by atoms with van der Waals surface area (Å²) in [6.07, 6.45) is 3.14. The lowest BCUT2D eigenvalue weighted by Crippen LogP contribution is -2.33. The molecule has 1 aliphatic rings. The van der Waals surface area contributed by atoms with Gasteiger partial charge in [0.1, 0.15) is 5.69 Å². The largest absolute Gasteiger partial charge is 0.365 e. The fourth-order valence-electron chi connectivity index (χ4n) is 3.29. The standard InChI is InChI=1S/C16H19N3O3/c1-2-18-13-9-5-4-8-12(13)14(15(16(18)20)19(21)22)17-10-6-3-7-11-17/h4-5,8-9H,2-3,6-7,10-11H2,1H3. The Morgan fingerprint density at radius 1 is 1.18 bits per heavy atom. The zero-order valence-electron chi connectivity index (χ0n) is 12.6. The molecule has 116 valence electrons. The highest BCUT2D eigenvalue weighted by atomic mass is 16.6. The Kier molecular flexibility index (Phi) is 3.83. The summed E-state index contributed by atoms with van der Waals surface area (Å²) in [6, 6.07) is 7.46. The van der Waals surface area contributed by atoms with Gasteiger partial charge in [-0.3, -0.25) is 14.9 Å². The summed E-state index contributed by atoms with van der Waals surface area (Å²) in [6.45, 7) is 3.78. The third-order valence-corrected chi connectivity index (χ3v) is 4.29. The molecule has 1 fully saturated rings. The van der Waals surface area contributed by atoms with Crippen LogP contribution in [0.4, 0.5) is 11.4 Å². The molecule has 0 N–H and O–H groups in total. The molecule has 0 bridgehead atoms. The zero-order chi connectivity index (χ0) is 15.7. The Bertz CT molecular complexity index is 776. The maximum atomic E-state index is 12.6. The third-order valence-electron chi connectivity index (χ3n) is 4.29. The number of hydrogen-bond donors (Lipinski definition) is 0. The van der Waals surface area contributed by atoms with Crippen LogP contribution in [0.3, 0.4) is 0 Å². The smallest absolute Gasteiger partial charge is 0.357 e. The van der Waals surface area contributed by atoms with E-state index in [-0.39, 0.29) is 5.69 Å². The van der Waals surface area contributed by atoms with Crippen LogP contribution in [-0.2, 0) is 6.54 Å². The lowest BCUT2D eigenvalue weighted by Gasteiger charge is -2.29. The molecule has 1 aliphatic heterocycles. The zero-order valence-corrected chi connectivity index (χ0v) is 12.6. The van der Waals surface area contributed by atoms with Crippen molar-refractivity contribution < 1.29 is 4.92 Å². The number of hydrogen-bond acceptors (Lipinski definition) is 4. The van der Waals surface area contributed by atoms with Crippen LogP contribution >= 0.6 is 0 Å². The molecular formula is C16H19N3O3. The lowest BCUT2D eigenvalue weighted by molar-refractivity contribution is -0.385. The molecule has 2 aromatic rings. The van der Waals surface area contributed by atoms with Crippen molar-refractivity contribution in [2.24, 2.45) is 0 Å². The van der Waals surface area contributed by atoms with Crippen molar-refractivity contribution in [3.05, 3.63) is 44.7 Å². The van der Waals surface area contributed by atoms with E-state index in [9.17, 15) is 14.9 Å². The molecule has 2 heterocycles. The second kappa shape index (κ2) is 5.79. The van der Waals surface area contributed by atoms with Crippen molar-refractivity contribution in [3.63, 3.8) is 0 Å². The summed E-state index contributed by atoms with van der Waals surface area (Å²) in [4.78, 5) is 25.7. The van der Waals surface area contributed by atoms with Crippen LogP contribution in [-0.4, -0.2) is 22.6 Å². The van der Waals surface area contributed by atoms with Gasteiger partial charge in [-0.15, -0.1) is 0 Å². The quantitative estimate of drug-likeness (QED) is 0.645. The molecule has 1 saturated heterocycles. The van der Waals surface area contributed by atoms with Crippen LogP contribution in [0, 0.1) is 10.1 Å². The van der Waals surface area contributed by atoms with Crippen molar-refractivity contribution in [2.75, 3.05) is 18.0 Å². The van der Waals surface area contributed by atoms with Gasteiger partial charge in [-0.05, 0) is 32.3 Å². The van der Waals surface area contributed by atoms with Gasteiger partial charge in [-0.1, -0.05) is 18.2 Å². The number of nitrogens with zero attached hydrogens (tertiary/aromatic N) is 3. The lowest BCUT2D eigenvalue weighted by atomic mass is 10.1. The van der Waals surface area contributed by atoms with Gasteiger partial charge in [-0.25, -0.2) is 0 Å². The highest BCUT2D eigenvalue weighted by molar-refractivity contribution is 5.96. The van der Waals surface area contributed by atoms with Gasteiger partial charge in [0.2, 0.25) is 0 Å². The van der Waals surface area contributed by atoms with Crippen LogP contribution in [0.15, 0.2) is 29.1 Å². The van der Waals surface area contributed by atoms with Crippen LogP contribution in [0.5, 0.6) is 0 Å². The van der Waals surface area contributed by atoms with Gasteiger partial charge in [0.25, 0.3) is 0 Å². The van der Waals surface area contributed by atoms with Crippen LogP contribution in [0.25, 0.3) is 10.9 Å². The number of anilines is 1. The predicted octanol–water partition coefficient (Wildman–Crippen LogP) is 2.92. The maximum absolute atomic E-state index is 12.6. The van der Waals surface area contributed by atoms with E-state index >= 15 is 0 Å². The molecule has 0 spiro atoms. The van der Waals surface area contributed by atoms with E-state index in [0.29, 0.717) is 12.2 Å². The molecule has 6 heteroatoms. The molecule has 1 aromatic carbocycles. The molecule has 0 unspecified atom stereocenters. The second-order valence-corrected chi connectivity index (χ2v) is 5.57. The maximum Gasteiger partial charge on any atom is 0.357 e. The average molecular weight is 301 g/mol. The minimum atomic E-state index is -0.523. The highest BCUT2D eigenvalue weighted by Gasteiger charge is 2.29. The first-order valence-electron chi connectivity index (χ1n) is 7.70. The number of nitro groups is 1. The fourth-order valence-corrected chi connectivity index (χ4v) is 3.29. The van der Waals surface area contributed by atoms with E-state index in [1.54, 1.807) is 0 Å². The molecule has 0 amide bonds. The summed E-state index contributed by atoms with van der Waals surface area (Å²) in [5, 5.41) is 12.4. The van der Waals surface area contributed by atoms with E-state index < -0.39 is 10.5 Å². The molecule has 0 saturated carbocycles. The summed E-state index contributed by atoms with van der Waals surface area (Å²) in [5.41, 5.74) is 0.463. The second-order valence-electron chi connectivity index (χ2n) is 5.57. The van der Waals surface area contributed by atoms with E-state index in [1.165, 1.54) is 4.57 Å². The van der Waals surface area contributed by atoms with Crippen molar-refractivity contribution in [1.29, 1.82) is 0 Å². The van der Waals surface area contributed by atoms with Gasteiger partial charge in [-0.2, -0.15) is 0 Å². The summed E-state index contributed by atoms with van der Waals surface area (Å²) in [7, 11) is 0. The van der Waals surface area contributed by atoms with Crippen LogP contribution in [0.2, 0.25) is 0 Å². The molecule has 0 atom stereocenters. The van der Waals surface area contributed by atoms with Crippen molar-refractivity contribution in [1.82, 2.24) is 4.57 Å². The molecule has 22 heavy (non-hydrogen) atoms. The third kappa shape index (κ3) is 2.24. The first-order chi connectivity index (χ1) is 10.6. The first kappa shape index (κ1) is 14.6. The minimum Gasteiger partial charge on any atom is -0.365 e. The Morgan fingerprint density at radius 2 is 1.86 bits per heavy atom. The number of rotatable bonds is 3. The minimum absolute atomic E-state index is 0.289. The number of pyridine rings is 1. The number of fused-ring (bicyclic) bond motifs is 1. The normalized spacial score (nSPS) is 15.2. The van der Waals surface area contributed by atoms with Crippen LogP contribution < -0.4 is 10.5 Å². The SMILES string of the molecule is CCn1c(=O)c([N+](=O)[O-])c(N2CCCCC2)c2ccccc21. The highest BCUT2D eigenvalue weighted by Crippen LogP contribution is 2.34. The number of aryl methyl sites for hydroxylation is 1. The van der Waals surface area contributed by atoms with Gasteiger partial charge in [0, 0.05) is 25.0 Å². The van der Waals surface area contributed by atoms with Gasteiger partial charge in [0.05, 0.1) is 10.4 Å². The predicted molar refractivity (Wildman–Crippen MR) is 86.6 cm³/mol. The topological polar surface area (TPSA) is 68.4 Å². The molecule has 6 nitrogen and oxygen atoms in total. The summed E-state index contributed by atoms with van der Waals surface area (Å²) >= 11 is 0. The molecule has 0 radical (unpaired) electrons. The van der Waals surface area contributed by atoms with E-state index in [2.05, 4.69) is 0 Å². The van der Waals surface area contributed by atoms with Gasteiger partial charge >= 0.3 is 11.2 Å². The number of aromatic nitrogens is 1. The fraction of sp³-hybridized carbons (Fsp3) is 0.438. The molecule has 0 aliphatic carbocycles. The van der Waals surface area contributed by atoms with E-state index in [0.717, 1.165) is 43.3 Å². The molecule has 3 rings (SSSR count). The van der Waals surface area contributed by atoms with E-state index in [4.69, 9.17) is 0 Å².